The van der Waals surface area contributed by atoms with Gasteiger partial charge in [0.2, 0.25) is 15.2 Å². The third-order valence-electron chi connectivity index (χ3n) is 0.707. The topological polar surface area (TPSA) is 0 Å². The second-order valence-corrected chi connectivity index (χ2v) is 4.06. The second-order valence-electron chi connectivity index (χ2n) is 1.35. The van der Waals surface area contributed by atoms with Crippen molar-refractivity contribution < 1.29 is 0 Å². The van der Waals surface area contributed by atoms with Crippen LogP contribution in [0.15, 0.2) is 0 Å². The van der Waals surface area contributed by atoms with E-state index in [0.717, 1.165) is 0 Å². The quantitative estimate of drug-likeness (QED) is 0.642. The monoisotopic (exact) mass is 230 g/mol. The summed E-state index contributed by atoms with van der Waals surface area (Å²) in [4.78, 5) is 0. The van der Waals surface area contributed by atoms with Gasteiger partial charge in [0.15, 0.2) is 0 Å². The molecule has 0 radical (unpaired) electrons. The highest BCUT2D eigenvalue weighted by atomic mass is 35.5. The smallest absolute Gasteiger partial charge is 0.147 e. The van der Waals surface area contributed by atoms with Gasteiger partial charge < -0.3 is 0 Å². The molecule has 9 heavy (non-hydrogen) atoms. The summed E-state index contributed by atoms with van der Waals surface area (Å²) in [6.07, 6.45) is 0. The van der Waals surface area contributed by atoms with E-state index >= 15 is 0 Å². The van der Waals surface area contributed by atoms with E-state index in [2.05, 4.69) is 13.8 Å². The van der Waals surface area contributed by atoms with E-state index in [9.17, 15) is 0 Å². The van der Waals surface area contributed by atoms with Gasteiger partial charge in [-0.3, -0.25) is 0 Å². The van der Waals surface area contributed by atoms with Gasteiger partial charge in [-0.1, -0.05) is 13.8 Å². The molecule has 0 saturated heterocycles. The number of hydrogen-bond donors (Lipinski definition) is 0. The minimum atomic E-state index is 0. The Labute approximate surface area is 88.9 Å². The zero-order valence-corrected chi connectivity index (χ0v) is 10.4. The van der Waals surface area contributed by atoms with Crippen LogP contribution in [0.4, 0.5) is 0 Å². The van der Waals surface area contributed by atoms with Crippen LogP contribution >= 0.6 is 49.6 Å². The van der Waals surface area contributed by atoms with E-state index in [-0.39, 0.29) is 49.6 Å². The third-order valence-corrected chi connectivity index (χ3v) is 2.12. The first-order valence-electron chi connectivity index (χ1n) is 2.41. The summed E-state index contributed by atoms with van der Waals surface area (Å²) in [5.41, 5.74) is 0. The Hall–Kier alpha value is 1.69. The lowest BCUT2D eigenvalue weighted by molar-refractivity contribution is 1.36. The molecule has 0 bridgehead atoms. The van der Waals surface area contributed by atoms with Gasteiger partial charge in [-0.05, 0) is 0 Å². The maximum absolute atomic E-state index is 2.27. The Kier molecular flexibility index (Phi) is 115. The normalized spacial score (nSPS) is 4.22. The molecule has 0 atom stereocenters. The van der Waals surface area contributed by atoms with E-state index in [1.165, 1.54) is 10.6 Å². The van der Waals surface area contributed by atoms with Crippen molar-refractivity contribution in [2.75, 3.05) is 0 Å². The summed E-state index contributed by atoms with van der Waals surface area (Å²) >= 11 is 0.432. The van der Waals surface area contributed by atoms with Crippen molar-refractivity contribution in [1.29, 1.82) is 0 Å². The molecular weight excluding hydrogens is 217 g/mol. The van der Waals surface area contributed by atoms with Crippen molar-refractivity contribution in [3.63, 3.8) is 0 Å². The van der Waals surface area contributed by atoms with Crippen LogP contribution in [0.25, 0.3) is 0 Å². The molecule has 0 aliphatic rings. The zero-order valence-electron chi connectivity index (χ0n) is 5.75. The fourth-order valence-corrected chi connectivity index (χ4v) is 1.06. The largest absolute Gasteiger partial charge is 0.236 e. The molecule has 0 spiro atoms. The first kappa shape index (κ1) is 31.0. The Morgan fingerprint density at radius 1 is 0.778 bits per heavy atom. The SMILES string of the molecule is C[CH2][AlH][CH2]C.Cl.Cl.Cl.Cl. The molecule has 0 aromatic rings. The zero-order chi connectivity index (χ0) is 4.12. The van der Waals surface area contributed by atoms with Crippen LogP contribution in [0.2, 0.25) is 10.6 Å². The van der Waals surface area contributed by atoms with Crippen LogP contribution in [0.1, 0.15) is 13.8 Å². The van der Waals surface area contributed by atoms with Gasteiger partial charge in [0, 0.05) is 0 Å². The summed E-state index contributed by atoms with van der Waals surface area (Å²) < 4.78 is 0. The van der Waals surface area contributed by atoms with Gasteiger partial charge in [-0.25, -0.2) is 0 Å². The Bertz CT molecular complexity index is 20.0. The van der Waals surface area contributed by atoms with Crippen LogP contribution in [0, 0.1) is 0 Å². The van der Waals surface area contributed by atoms with Crippen LogP contribution in [0.3, 0.4) is 0 Å². The first-order valence-corrected chi connectivity index (χ1v) is 4.41. The summed E-state index contributed by atoms with van der Waals surface area (Å²) in [6, 6.07) is 0. The molecule has 0 nitrogen and oxygen atoms in total. The highest BCUT2D eigenvalue weighted by Crippen LogP contribution is 1.77. The molecule has 0 fully saturated rings. The fourth-order valence-electron chi connectivity index (χ4n) is 0.354. The molecule has 0 N–H and O–H groups in total. The van der Waals surface area contributed by atoms with Gasteiger partial charge in [0.25, 0.3) is 0 Å². The van der Waals surface area contributed by atoms with Crippen molar-refractivity contribution in [3.8, 4) is 0 Å². The van der Waals surface area contributed by atoms with Crippen LogP contribution in [0.5, 0.6) is 0 Å². The van der Waals surface area contributed by atoms with Gasteiger partial charge in [0.05, 0.1) is 0 Å². The molecule has 0 rings (SSSR count). The summed E-state index contributed by atoms with van der Waals surface area (Å²) in [5.74, 6) is 0. The highest BCUT2D eigenvalue weighted by Gasteiger charge is 1.76. The molecule has 5 heteroatoms. The maximum Gasteiger partial charge on any atom is 0.236 e. The second kappa shape index (κ2) is 33.3. The van der Waals surface area contributed by atoms with Crippen molar-refractivity contribution in [1.82, 2.24) is 0 Å². The molecule has 0 unspecified atom stereocenters. The standard InChI is InChI=1S/2C2H5.Al.4ClH.H/c2*1-2;;;;;;/h2*1H2,2H3;;4*1H;. The van der Waals surface area contributed by atoms with E-state index in [1.807, 2.05) is 0 Å². The molecule has 0 aliphatic carbocycles. The Balaban J connectivity index is -0.0000000133. The number of hydrogen-bond acceptors (Lipinski definition) is 0. The molecule has 0 amide bonds. The minimum Gasteiger partial charge on any atom is -0.147 e. The van der Waals surface area contributed by atoms with Crippen molar-refractivity contribution >= 4 is 64.8 Å². The van der Waals surface area contributed by atoms with E-state index < -0.39 is 0 Å². The summed E-state index contributed by atoms with van der Waals surface area (Å²) in [6.45, 7) is 4.55. The average Bonchev–Trinajstić information content (AvgIpc) is 1.41. The molecule has 0 aliphatic heterocycles. The molecule has 0 saturated carbocycles. The summed E-state index contributed by atoms with van der Waals surface area (Å²) in [7, 11) is 0. The van der Waals surface area contributed by atoms with Crippen LogP contribution in [-0.2, 0) is 0 Å². The average molecular weight is 232 g/mol. The minimum absolute atomic E-state index is 0. The van der Waals surface area contributed by atoms with Gasteiger partial charge in [-0.15, -0.1) is 60.2 Å². The predicted molar refractivity (Wildman–Crippen MR) is 57.1 cm³/mol. The van der Waals surface area contributed by atoms with E-state index in [1.54, 1.807) is 0 Å². The molecular formula is C4H15AlCl4. The number of rotatable bonds is 2. The van der Waals surface area contributed by atoms with Gasteiger partial charge in [-0.2, -0.15) is 0 Å². The van der Waals surface area contributed by atoms with E-state index in [0.29, 0.717) is 15.2 Å². The van der Waals surface area contributed by atoms with E-state index in [4.69, 9.17) is 0 Å². The summed E-state index contributed by atoms with van der Waals surface area (Å²) in [5, 5.41) is 2.97. The maximum atomic E-state index is 2.27. The lowest BCUT2D eigenvalue weighted by Gasteiger charge is -1.73. The highest BCUT2D eigenvalue weighted by molar-refractivity contribution is 6.34. The van der Waals surface area contributed by atoms with Gasteiger partial charge >= 0.3 is 0 Å². The van der Waals surface area contributed by atoms with Crippen molar-refractivity contribution in [3.05, 3.63) is 0 Å². The molecule has 0 aromatic heterocycles. The van der Waals surface area contributed by atoms with Crippen molar-refractivity contribution in [2.24, 2.45) is 0 Å². The molecule has 0 aromatic carbocycles. The lowest BCUT2D eigenvalue weighted by Crippen LogP contribution is -1.76. The molecule has 0 heterocycles. The van der Waals surface area contributed by atoms with Gasteiger partial charge in [0.1, 0.15) is 0 Å². The van der Waals surface area contributed by atoms with Crippen molar-refractivity contribution in [2.45, 2.75) is 24.4 Å². The predicted octanol–water partition coefficient (Wildman–Crippen LogP) is 2.99. The Morgan fingerprint density at radius 2 is 1.00 bits per heavy atom. The third kappa shape index (κ3) is 42.1. The molecule has 62 valence electrons. The van der Waals surface area contributed by atoms with Crippen LogP contribution < -0.4 is 0 Å². The lowest BCUT2D eigenvalue weighted by atomic mass is 10.9. The van der Waals surface area contributed by atoms with Crippen LogP contribution in [-0.4, -0.2) is 15.2 Å². The first-order chi connectivity index (χ1) is 2.41. The number of halogens is 4. The Morgan fingerprint density at radius 3 is 1.00 bits per heavy atom. The fraction of sp³-hybridized carbons (Fsp3) is 1.00.